The number of H-pyrrole nitrogens is 1. The highest BCUT2D eigenvalue weighted by Gasteiger charge is 2.25. The maximum atomic E-state index is 12.1. The first-order valence-corrected chi connectivity index (χ1v) is 7.93. The van der Waals surface area contributed by atoms with E-state index in [1.807, 2.05) is 0 Å². The summed E-state index contributed by atoms with van der Waals surface area (Å²) in [4.78, 5) is 16.2. The number of nitrogens with one attached hydrogen (secondary N) is 2. The summed E-state index contributed by atoms with van der Waals surface area (Å²) in [5.74, 6) is 0. The van der Waals surface area contributed by atoms with Crippen molar-refractivity contribution in [1.82, 2.24) is 14.6 Å². The molecule has 1 fully saturated rings. The molecule has 1 aromatic rings. The summed E-state index contributed by atoms with van der Waals surface area (Å²) >= 11 is 0. The van der Waals surface area contributed by atoms with Crippen molar-refractivity contribution in [3.8, 4) is 0 Å². The van der Waals surface area contributed by atoms with Gasteiger partial charge in [-0.25, -0.2) is 13.1 Å². The maximum absolute atomic E-state index is 12.1. The van der Waals surface area contributed by atoms with Crippen molar-refractivity contribution >= 4 is 10.0 Å². The third-order valence-corrected chi connectivity index (χ3v) is 4.94. The minimum Gasteiger partial charge on any atom is -0.366 e. The van der Waals surface area contributed by atoms with Gasteiger partial charge in [-0.1, -0.05) is 6.92 Å². The van der Waals surface area contributed by atoms with Gasteiger partial charge in [0, 0.05) is 31.0 Å². The van der Waals surface area contributed by atoms with E-state index in [1.165, 1.54) is 18.5 Å². The lowest BCUT2D eigenvalue weighted by Crippen LogP contribution is -2.40. The number of hydrogen-bond acceptors (Lipinski definition) is 4. The Bertz CT molecular complexity index is 582. The molecule has 1 aliphatic rings. The molecule has 0 spiro atoms. The summed E-state index contributed by atoms with van der Waals surface area (Å²) < 4.78 is 26.6. The standard InChI is InChI=1S/C12H19N3O3S/c1-2-15-7-3-4-10(15)8-14-19(17,18)12-9-13-6-5-11(12)16/h5-6,9-10,14H,2-4,7-8H2,1H3,(H,13,16). The summed E-state index contributed by atoms with van der Waals surface area (Å²) in [5, 5.41) is 0. The van der Waals surface area contributed by atoms with Gasteiger partial charge >= 0.3 is 0 Å². The molecule has 19 heavy (non-hydrogen) atoms. The second-order valence-electron chi connectivity index (χ2n) is 4.65. The van der Waals surface area contributed by atoms with E-state index < -0.39 is 15.5 Å². The lowest BCUT2D eigenvalue weighted by atomic mass is 10.2. The highest BCUT2D eigenvalue weighted by Crippen LogP contribution is 2.16. The van der Waals surface area contributed by atoms with Gasteiger partial charge in [-0.15, -0.1) is 0 Å². The van der Waals surface area contributed by atoms with Crippen molar-refractivity contribution in [2.24, 2.45) is 0 Å². The van der Waals surface area contributed by atoms with E-state index in [0.717, 1.165) is 25.9 Å². The number of likely N-dealkylation sites (tertiary alicyclic amines) is 1. The Morgan fingerprint density at radius 3 is 3.00 bits per heavy atom. The molecule has 1 aromatic heterocycles. The van der Waals surface area contributed by atoms with Crippen LogP contribution in [0, 0.1) is 0 Å². The van der Waals surface area contributed by atoms with Crippen LogP contribution in [0.3, 0.4) is 0 Å². The molecule has 0 radical (unpaired) electrons. The Balaban J connectivity index is 2.07. The van der Waals surface area contributed by atoms with Crippen LogP contribution in [0.2, 0.25) is 0 Å². The van der Waals surface area contributed by atoms with Crippen LogP contribution in [-0.2, 0) is 10.0 Å². The monoisotopic (exact) mass is 285 g/mol. The Labute approximate surface area is 112 Å². The predicted molar refractivity (Wildman–Crippen MR) is 72.5 cm³/mol. The van der Waals surface area contributed by atoms with Gasteiger partial charge in [0.25, 0.3) is 0 Å². The number of pyridine rings is 1. The van der Waals surface area contributed by atoms with Gasteiger partial charge < -0.3 is 4.98 Å². The molecule has 0 amide bonds. The fraction of sp³-hybridized carbons (Fsp3) is 0.583. The summed E-state index contributed by atoms with van der Waals surface area (Å²) in [6, 6.07) is 1.44. The van der Waals surface area contributed by atoms with Crippen molar-refractivity contribution in [2.45, 2.75) is 30.7 Å². The van der Waals surface area contributed by atoms with E-state index in [1.54, 1.807) is 0 Å². The molecule has 0 saturated carbocycles. The zero-order chi connectivity index (χ0) is 13.9. The number of nitrogens with zero attached hydrogens (tertiary/aromatic N) is 1. The van der Waals surface area contributed by atoms with E-state index in [4.69, 9.17) is 0 Å². The van der Waals surface area contributed by atoms with Crippen molar-refractivity contribution in [1.29, 1.82) is 0 Å². The first-order valence-electron chi connectivity index (χ1n) is 6.45. The summed E-state index contributed by atoms with van der Waals surface area (Å²) in [6.07, 6.45) is 4.71. The van der Waals surface area contributed by atoms with Gasteiger partial charge in [-0.2, -0.15) is 0 Å². The molecule has 0 aliphatic carbocycles. The average Bonchev–Trinajstić information content (AvgIpc) is 2.84. The van der Waals surface area contributed by atoms with Crippen LogP contribution in [0.5, 0.6) is 0 Å². The van der Waals surface area contributed by atoms with Crippen molar-refractivity contribution in [3.05, 3.63) is 28.7 Å². The average molecular weight is 285 g/mol. The van der Waals surface area contributed by atoms with Gasteiger partial charge in [-0.3, -0.25) is 9.69 Å². The number of sulfonamides is 1. The molecule has 106 valence electrons. The fourth-order valence-corrected chi connectivity index (χ4v) is 3.56. The molecule has 1 saturated heterocycles. The molecule has 2 heterocycles. The molecule has 2 rings (SSSR count). The lowest BCUT2D eigenvalue weighted by molar-refractivity contribution is 0.268. The second-order valence-corrected chi connectivity index (χ2v) is 6.38. The maximum Gasteiger partial charge on any atom is 0.245 e. The zero-order valence-corrected chi connectivity index (χ0v) is 11.7. The number of aromatic nitrogens is 1. The van der Waals surface area contributed by atoms with Crippen LogP contribution in [0.15, 0.2) is 28.2 Å². The molecule has 1 aliphatic heterocycles. The SMILES string of the molecule is CCN1CCCC1CNS(=O)(=O)c1c[nH]ccc1=O. The van der Waals surface area contributed by atoms with Crippen LogP contribution < -0.4 is 10.2 Å². The van der Waals surface area contributed by atoms with Gasteiger partial charge in [-0.05, 0) is 25.9 Å². The third-order valence-electron chi connectivity index (χ3n) is 3.49. The molecule has 2 N–H and O–H groups in total. The van der Waals surface area contributed by atoms with E-state index in [-0.39, 0.29) is 10.9 Å². The minimum atomic E-state index is -3.73. The summed E-state index contributed by atoms with van der Waals surface area (Å²) in [7, 11) is -3.73. The molecule has 0 aromatic carbocycles. The zero-order valence-electron chi connectivity index (χ0n) is 10.9. The number of hydrogen-bond donors (Lipinski definition) is 2. The topological polar surface area (TPSA) is 82.3 Å². The number of rotatable bonds is 5. The normalized spacial score (nSPS) is 20.8. The van der Waals surface area contributed by atoms with Gasteiger partial charge in [0.2, 0.25) is 15.5 Å². The largest absolute Gasteiger partial charge is 0.366 e. The molecule has 6 nitrogen and oxygen atoms in total. The summed E-state index contributed by atoms with van der Waals surface area (Å²) in [6.45, 7) is 4.34. The third kappa shape index (κ3) is 3.23. The number of aromatic amines is 1. The van der Waals surface area contributed by atoms with Crippen molar-refractivity contribution in [2.75, 3.05) is 19.6 Å². The van der Waals surface area contributed by atoms with Crippen molar-refractivity contribution in [3.63, 3.8) is 0 Å². The smallest absolute Gasteiger partial charge is 0.245 e. The first-order chi connectivity index (χ1) is 9.04. The van der Waals surface area contributed by atoms with Crippen LogP contribution in [0.1, 0.15) is 19.8 Å². The Hall–Kier alpha value is -1.18. The lowest BCUT2D eigenvalue weighted by Gasteiger charge is -2.22. The van der Waals surface area contributed by atoms with Crippen LogP contribution in [0.25, 0.3) is 0 Å². The Morgan fingerprint density at radius 2 is 2.32 bits per heavy atom. The molecule has 1 unspecified atom stereocenters. The van der Waals surface area contributed by atoms with Crippen LogP contribution >= 0.6 is 0 Å². The minimum absolute atomic E-state index is 0.225. The van der Waals surface area contributed by atoms with Gasteiger partial charge in [0.05, 0.1) is 0 Å². The highest BCUT2D eigenvalue weighted by molar-refractivity contribution is 7.89. The van der Waals surface area contributed by atoms with Crippen LogP contribution in [0.4, 0.5) is 0 Å². The Morgan fingerprint density at radius 1 is 1.53 bits per heavy atom. The molecule has 7 heteroatoms. The quantitative estimate of drug-likeness (QED) is 0.806. The van der Waals surface area contributed by atoms with E-state index >= 15 is 0 Å². The molecule has 0 bridgehead atoms. The predicted octanol–water partition coefficient (Wildman–Crippen LogP) is 0.137. The Kier molecular flexibility index (Phi) is 4.38. The fourth-order valence-electron chi connectivity index (χ4n) is 2.44. The van der Waals surface area contributed by atoms with E-state index in [0.29, 0.717) is 6.54 Å². The van der Waals surface area contributed by atoms with E-state index in [9.17, 15) is 13.2 Å². The van der Waals surface area contributed by atoms with E-state index in [2.05, 4.69) is 21.5 Å². The van der Waals surface area contributed by atoms with Crippen LogP contribution in [-0.4, -0.2) is 44.0 Å². The first kappa shape index (κ1) is 14.2. The highest BCUT2D eigenvalue weighted by atomic mass is 32.2. The van der Waals surface area contributed by atoms with Gasteiger partial charge in [0.15, 0.2) is 0 Å². The van der Waals surface area contributed by atoms with Crippen molar-refractivity contribution < 1.29 is 8.42 Å². The number of likely N-dealkylation sites (N-methyl/N-ethyl adjacent to an activating group) is 1. The molecule has 1 atom stereocenters. The molecular weight excluding hydrogens is 266 g/mol. The second kappa shape index (κ2) is 5.85. The molecular formula is C12H19N3O3S. The summed E-state index contributed by atoms with van der Waals surface area (Å²) in [5.41, 5.74) is -0.495. The van der Waals surface area contributed by atoms with Gasteiger partial charge in [0.1, 0.15) is 4.90 Å².